The lowest BCUT2D eigenvalue weighted by molar-refractivity contribution is 0.154. The third-order valence-corrected chi connectivity index (χ3v) is 2.76. The maximum Gasteiger partial charge on any atom is 0.138 e. The Morgan fingerprint density at radius 1 is 1.19 bits per heavy atom. The van der Waals surface area contributed by atoms with Crippen LogP contribution in [0.5, 0.6) is 0 Å². The molecule has 16 heavy (non-hydrogen) atoms. The summed E-state index contributed by atoms with van der Waals surface area (Å²) in [6.07, 6.45) is -1.23. The van der Waals surface area contributed by atoms with Crippen molar-refractivity contribution in [3.05, 3.63) is 64.7 Å². The van der Waals surface area contributed by atoms with Crippen molar-refractivity contribution in [2.45, 2.75) is 6.08 Å². The van der Waals surface area contributed by atoms with Gasteiger partial charge in [-0.2, -0.15) is 0 Å². The minimum Gasteiger partial charge on any atom is -0.266 e. The zero-order chi connectivity index (χ0) is 11.9. The summed E-state index contributed by atoms with van der Waals surface area (Å²) in [5.74, 6) is 0. The standard InChI is InChI=1S/C13H10ClNO/c14-10-6-7-12-11(8-10)13(16-15-12)9-4-2-1-3-5-9/h1-8,13,15H/i13D. The smallest absolute Gasteiger partial charge is 0.138 e. The first-order valence-electron chi connectivity index (χ1n) is 5.50. The second-order valence-corrected chi connectivity index (χ2v) is 4.03. The van der Waals surface area contributed by atoms with Crippen molar-refractivity contribution in [2.24, 2.45) is 0 Å². The summed E-state index contributed by atoms with van der Waals surface area (Å²) in [5, 5.41) is 0.601. The summed E-state index contributed by atoms with van der Waals surface area (Å²) in [4.78, 5) is 5.41. The number of rotatable bonds is 1. The predicted molar refractivity (Wildman–Crippen MR) is 64.4 cm³/mol. The molecule has 80 valence electrons. The molecule has 1 aliphatic heterocycles. The van der Waals surface area contributed by atoms with E-state index >= 15 is 0 Å². The Labute approximate surface area is 100 Å². The first-order valence-corrected chi connectivity index (χ1v) is 5.37. The summed E-state index contributed by atoms with van der Waals surface area (Å²) in [6, 6.07) is 14.8. The molecule has 0 aliphatic carbocycles. The van der Waals surface area contributed by atoms with Crippen LogP contribution in [0.2, 0.25) is 5.02 Å². The lowest BCUT2D eigenvalue weighted by atomic mass is 10.0. The van der Waals surface area contributed by atoms with E-state index < -0.39 is 6.08 Å². The third-order valence-electron chi connectivity index (χ3n) is 2.53. The lowest BCUT2D eigenvalue weighted by Crippen LogP contribution is -1.99. The van der Waals surface area contributed by atoms with Crippen LogP contribution in [0.4, 0.5) is 5.69 Å². The minimum absolute atomic E-state index is 0.601. The molecule has 0 amide bonds. The molecule has 0 bridgehead atoms. The second kappa shape index (κ2) is 3.81. The molecule has 1 N–H and O–H groups in total. The zero-order valence-electron chi connectivity index (χ0n) is 9.41. The molecule has 0 radical (unpaired) electrons. The van der Waals surface area contributed by atoms with Gasteiger partial charge in [0.2, 0.25) is 0 Å². The first-order chi connectivity index (χ1) is 8.20. The molecular formula is C13H10ClNO. The van der Waals surface area contributed by atoms with E-state index in [2.05, 4.69) is 5.48 Å². The molecule has 0 aromatic heterocycles. The Morgan fingerprint density at radius 2 is 2.00 bits per heavy atom. The topological polar surface area (TPSA) is 21.3 Å². The quantitative estimate of drug-likeness (QED) is 0.808. The minimum atomic E-state index is -1.23. The van der Waals surface area contributed by atoms with Gasteiger partial charge < -0.3 is 0 Å². The fraction of sp³-hybridized carbons (Fsp3) is 0.0769. The summed E-state index contributed by atoms with van der Waals surface area (Å²) in [7, 11) is 0. The first kappa shape index (κ1) is 8.62. The predicted octanol–water partition coefficient (Wildman–Crippen LogP) is 3.79. The van der Waals surface area contributed by atoms with Crippen LogP contribution in [0.1, 0.15) is 18.6 Å². The Morgan fingerprint density at radius 3 is 2.81 bits per heavy atom. The highest BCUT2D eigenvalue weighted by Gasteiger charge is 2.24. The fourth-order valence-corrected chi connectivity index (χ4v) is 1.93. The van der Waals surface area contributed by atoms with Crippen LogP contribution in [0.25, 0.3) is 0 Å². The number of benzene rings is 2. The van der Waals surface area contributed by atoms with Crippen LogP contribution in [0.15, 0.2) is 48.5 Å². The molecule has 3 heteroatoms. The second-order valence-electron chi connectivity index (χ2n) is 3.59. The van der Waals surface area contributed by atoms with Crippen LogP contribution < -0.4 is 5.48 Å². The van der Waals surface area contributed by atoms with Crippen molar-refractivity contribution in [1.82, 2.24) is 0 Å². The van der Waals surface area contributed by atoms with Crippen LogP contribution in [-0.4, -0.2) is 0 Å². The van der Waals surface area contributed by atoms with E-state index in [0.717, 1.165) is 16.8 Å². The zero-order valence-corrected chi connectivity index (χ0v) is 9.16. The number of halogens is 1. The Kier molecular flexibility index (Phi) is 2.05. The number of fused-ring (bicyclic) bond motifs is 1. The maximum absolute atomic E-state index is 8.46. The molecule has 3 rings (SSSR count). The highest BCUT2D eigenvalue weighted by molar-refractivity contribution is 6.30. The molecule has 1 aliphatic rings. The van der Waals surface area contributed by atoms with E-state index in [-0.39, 0.29) is 0 Å². The van der Waals surface area contributed by atoms with Crippen LogP contribution >= 0.6 is 11.6 Å². The molecule has 0 saturated heterocycles. The molecule has 0 spiro atoms. The summed E-state index contributed by atoms with van der Waals surface area (Å²) < 4.78 is 8.46. The molecule has 1 heterocycles. The normalized spacial score (nSPS) is 23.4. The number of hydrogen-bond acceptors (Lipinski definition) is 2. The number of anilines is 1. The van der Waals surface area contributed by atoms with Gasteiger partial charge in [-0.15, -0.1) is 0 Å². The Balaban J connectivity index is 2.16. The number of nitrogens with one attached hydrogen (secondary N) is 1. The van der Waals surface area contributed by atoms with Crippen LogP contribution in [0.3, 0.4) is 0 Å². The van der Waals surface area contributed by atoms with Gasteiger partial charge in [-0.3, -0.25) is 10.3 Å². The maximum atomic E-state index is 8.46. The Bertz CT molecular complexity index is 561. The molecule has 2 aromatic carbocycles. The van der Waals surface area contributed by atoms with Crippen LogP contribution in [-0.2, 0) is 4.84 Å². The molecule has 2 aromatic rings. The van der Waals surface area contributed by atoms with Gasteiger partial charge in [-0.05, 0) is 23.8 Å². The molecule has 0 fully saturated rings. The average Bonchev–Trinajstić information content (AvgIpc) is 2.70. The van der Waals surface area contributed by atoms with Gasteiger partial charge in [-0.25, -0.2) is 0 Å². The van der Waals surface area contributed by atoms with Crippen LogP contribution in [0, 0.1) is 0 Å². The highest BCUT2D eigenvalue weighted by Crippen LogP contribution is 2.38. The molecule has 1 unspecified atom stereocenters. The number of hydrogen-bond donors (Lipinski definition) is 1. The SMILES string of the molecule is [2H]C1(c2ccccc2)ONc2ccc(Cl)cc21. The molecule has 1 atom stereocenters. The van der Waals surface area contributed by atoms with Gasteiger partial charge in [0.1, 0.15) is 6.08 Å². The summed E-state index contributed by atoms with van der Waals surface area (Å²) in [5.41, 5.74) is 5.06. The van der Waals surface area contributed by atoms with Gasteiger partial charge in [0, 0.05) is 10.6 Å². The van der Waals surface area contributed by atoms with E-state index in [1.54, 1.807) is 12.1 Å². The largest absolute Gasteiger partial charge is 0.266 e. The summed E-state index contributed by atoms with van der Waals surface area (Å²) in [6.45, 7) is 0. The molecular weight excluding hydrogens is 222 g/mol. The van der Waals surface area contributed by atoms with Crippen molar-refractivity contribution in [3.63, 3.8) is 0 Å². The van der Waals surface area contributed by atoms with E-state index in [9.17, 15) is 0 Å². The Hall–Kier alpha value is -1.51. The monoisotopic (exact) mass is 232 g/mol. The highest BCUT2D eigenvalue weighted by atomic mass is 35.5. The van der Waals surface area contributed by atoms with Gasteiger partial charge >= 0.3 is 0 Å². The van der Waals surface area contributed by atoms with Gasteiger partial charge in [-0.1, -0.05) is 41.9 Å². The van der Waals surface area contributed by atoms with Crippen molar-refractivity contribution >= 4 is 17.3 Å². The van der Waals surface area contributed by atoms with E-state index in [1.807, 2.05) is 36.4 Å². The van der Waals surface area contributed by atoms with Gasteiger partial charge in [0.25, 0.3) is 0 Å². The molecule has 0 saturated carbocycles. The molecule has 2 nitrogen and oxygen atoms in total. The van der Waals surface area contributed by atoms with Crippen molar-refractivity contribution < 1.29 is 6.21 Å². The van der Waals surface area contributed by atoms with Crippen molar-refractivity contribution in [1.29, 1.82) is 0 Å². The van der Waals surface area contributed by atoms with Gasteiger partial charge in [0.15, 0.2) is 0 Å². The third kappa shape index (κ3) is 1.56. The van der Waals surface area contributed by atoms with E-state index in [4.69, 9.17) is 17.8 Å². The van der Waals surface area contributed by atoms with Crippen molar-refractivity contribution in [2.75, 3.05) is 5.48 Å². The lowest BCUT2D eigenvalue weighted by Gasteiger charge is -2.09. The van der Waals surface area contributed by atoms with Gasteiger partial charge in [0.05, 0.1) is 7.06 Å². The van der Waals surface area contributed by atoms with E-state index in [1.165, 1.54) is 0 Å². The fourth-order valence-electron chi connectivity index (χ4n) is 1.76. The average molecular weight is 233 g/mol. The van der Waals surface area contributed by atoms with Crippen molar-refractivity contribution in [3.8, 4) is 0 Å². The van der Waals surface area contributed by atoms with E-state index in [0.29, 0.717) is 5.02 Å². The summed E-state index contributed by atoms with van der Waals surface area (Å²) >= 11 is 5.97.